The van der Waals surface area contributed by atoms with Gasteiger partial charge in [0, 0.05) is 55.6 Å². The molecule has 5 heterocycles. The number of piperidine rings is 1. The zero-order valence-electron chi connectivity index (χ0n) is 24.9. The third-order valence-electron chi connectivity index (χ3n) is 8.72. The van der Waals surface area contributed by atoms with Crippen LogP contribution in [0.2, 0.25) is 0 Å². The Morgan fingerprint density at radius 1 is 0.886 bits per heavy atom. The quantitative estimate of drug-likeness (QED) is 0.265. The Balaban J connectivity index is 1.28. The Hall–Kier alpha value is -4.61. The van der Waals surface area contributed by atoms with E-state index in [1.54, 1.807) is 30.5 Å². The Morgan fingerprint density at radius 3 is 2.27 bits per heavy atom. The monoisotopic (exact) mass is 607 g/mol. The van der Waals surface area contributed by atoms with Crippen LogP contribution in [0.15, 0.2) is 84.2 Å². The summed E-state index contributed by atoms with van der Waals surface area (Å²) in [5.74, 6) is 0.279. The van der Waals surface area contributed by atoms with Crippen LogP contribution in [0.5, 0.6) is 0 Å². The lowest BCUT2D eigenvalue weighted by Gasteiger charge is -2.30. The fraction of sp³-hybridized carbons (Fsp3) is 0.273. The third kappa shape index (κ3) is 4.91. The van der Waals surface area contributed by atoms with Crippen molar-refractivity contribution in [1.82, 2.24) is 33.2 Å². The first kappa shape index (κ1) is 28.2. The topological polar surface area (TPSA) is 108 Å². The predicted molar refractivity (Wildman–Crippen MR) is 172 cm³/mol. The Labute approximate surface area is 255 Å². The van der Waals surface area contributed by atoms with E-state index in [4.69, 9.17) is 4.98 Å². The highest BCUT2D eigenvalue weighted by Gasteiger charge is 2.26. The van der Waals surface area contributed by atoms with Crippen LogP contribution < -0.4 is 5.69 Å². The van der Waals surface area contributed by atoms with E-state index >= 15 is 0 Å². The van der Waals surface area contributed by atoms with Crippen LogP contribution >= 0.6 is 0 Å². The van der Waals surface area contributed by atoms with Gasteiger partial charge in [-0.25, -0.2) is 17.5 Å². The normalized spacial score (nSPS) is 15.0. The number of imidazole rings is 1. The first-order chi connectivity index (χ1) is 21.2. The van der Waals surface area contributed by atoms with Crippen molar-refractivity contribution in [3.63, 3.8) is 0 Å². The molecule has 0 saturated carbocycles. The minimum atomic E-state index is -3.17. The number of nitrogens with zero attached hydrogens (tertiary/aromatic N) is 7. The highest BCUT2D eigenvalue weighted by atomic mass is 32.2. The molecule has 6 aromatic rings. The number of benzene rings is 2. The number of pyridine rings is 2. The van der Waals surface area contributed by atoms with E-state index in [-0.39, 0.29) is 11.6 Å². The molecule has 1 saturated heterocycles. The van der Waals surface area contributed by atoms with Gasteiger partial charge in [0.2, 0.25) is 10.0 Å². The number of hydrogen-bond acceptors (Lipinski definition) is 6. The molecule has 0 unspecified atom stereocenters. The first-order valence-corrected chi connectivity index (χ1v) is 16.6. The van der Waals surface area contributed by atoms with Crippen molar-refractivity contribution >= 4 is 32.0 Å². The summed E-state index contributed by atoms with van der Waals surface area (Å²) in [6.07, 6.45) is 10.2. The van der Waals surface area contributed by atoms with E-state index in [0.717, 1.165) is 68.4 Å². The molecule has 44 heavy (non-hydrogen) atoms. The predicted octanol–water partition coefficient (Wildman–Crippen LogP) is 4.96. The molecular formula is C33H33N7O3S. The second kappa shape index (κ2) is 10.8. The summed E-state index contributed by atoms with van der Waals surface area (Å²) < 4.78 is 30.7. The largest absolute Gasteiger partial charge is 0.333 e. The van der Waals surface area contributed by atoms with Gasteiger partial charge >= 0.3 is 5.69 Å². The maximum absolute atomic E-state index is 13.8. The molecule has 1 aliphatic rings. The minimum Gasteiger partial charge on any atom is -0.290 e. The Kier molecular flexibility index (Phi) is 6.94. The summed E-state index contributed by atoms with van der Waals surface area (Å²) in [4.78, 5) is 23.2. The van der Waals surface area contributed by atoms with Crippen LogP contribution in [0.4, 0.5) is 0 Å². The molecule has 10 nitrogen and oxygen atoms in total. The van der Waals surface area contributed by atoms with Gasteiger partial charge in [0.1, 0.15) is 0 Å². The van der Waals surface area contributed by atoms with Gasteiger partial charge in [0.15, 0.2) is 0 Å². The molecule has 0 bridgehead atoms. The lowest BCUT2D eigenvalue weighted by Crippen LogP contribution is -2.37. The van der Waals surface area contributed by atoms with Crippen LogP contribution in [-0.4, -0.2) is 61.0 Å². The summed E-state index contributed by atoms with van der Waals surface area (Å²) in [5.41, 5.74) is 7.99. The van der Waals surface area contributed by atoms with Gasteiger partial charge in [-0.3, -0.25) is 23.8 Å². The fourth-order valence-electron chi connectivity index (χ4n) is 6.35. The van der Waals surface area contributed by atoms with Gasteiger partial charge in [-0.15, -0.1) is 0 Å². The molecule has 1 fully saturated rings. The first-order valence-electron chi connectivity index (χ1n) is 14.8. The molecule has 2 aromatic carbocycles. The number of fused-ring (bicyclic) bond motifs is 3. The summed E-state index contributed by atoms with van der Waals surface area (Å²) in [5, 5.41) is 5.13. The van der Waals surface area contributed by atoms with Crippen LogP contribution in [0.25, 0.3) is 50.0 Å². The summed E-state index contributed by atoms with van der Waals surface area (Å²) in [6, 6.07) is 18.3. The van der Waals surface area contributed by atoms with Crippen molar-refractivity contribution in [3.05, 3.63) is 95.4 Å². The van der Waals surface area contributed by atoms with E-state index < -0.39 is 10.0 Å². The van der Waals surface area contributed by atoms with E-state index in [9.17, 15) is 13.2 Å². The molecule has 0 atom stereocenters. The summed E-state index contributed by atoms with van der Waals surface area (Å²) in [6.45, 7) is 3.54. The maximum atomic E-state index is 13.8. The Morgan fingerprint density at radius 2 is 1.64 bits per heavy atom. The molecule has 11 heteroatoms. The van der Waals surface area contributed by atoms with Crippen molar-refractivity contribution in [2.45, 2.75) is 32.2 Å². The second-order valence-electron chi connectivity index (χ2n) is 11.4. The van der Waals surface area contributed by atoms with Crippen molar-refractivity contribution in [2.75, 3.05) is 19.3 Å². The van der Waals surface area contributed by atoms with Crippen LogP contribution in [0, 0.1) is 0 Å². The summed E-state index contributed by atoms with van der Waals surface area (Å²) in [7, 11) is -1.29. The van der Waals surface area contributed by atoms with Crippen LogP contribution in [-0.2, 0) is 23.6 Å². The van der Waals surface area contributed by atoms with Crippen molar-refractivity contribution < 1.29 is 8.42 Å². The molecule has 0 aliphatic carbocycles. The number of rotatable bonds is 6. The van der Waals surface area contributed by atoms with Crippen molar-refractivity contribution in [1.29, 1.82) is 0 Å². The van der Waals surface area contributed by atoms with Crippen LogP contribution in [0.3, 0.4) is 0 Å². The van der Waals surface area contributed by atoms with E-state index in [1.807, 2.05) is 62.8 Å². The van der Waals surface area contributed by atoms with Gasteiger partial charge in [0.25, 0.3) is 0 Å². The molecule has 1 aliphatic heterocycles. The third-order valence-corrected chi connectivity index (χ3v) is 10.0. The molecule has 224 valence electrons. The molecular weight excluding hydrogens is 574 g/mol. The van der Waals surface area contributed by atoms with Gasteiger partial charge in [0.05, 0.1) is 46.6 Å². The standard InChI is InChI=1S/C33H33N7O3S/c1-4-39-31-20-35-30-12-7-24(25-8-11-29(34-18-25)26-19-36-37(2)21-26)17-28(30)32(31)40(33(39)41)27-9-5-22(6-10-27)23-13-15-38(16-14-23)44(3,42)43/h5-12,17-21,23H,4,13-16H2,1-3H3. The van der Waals surface area contributed by atoms with Crippen molar-refractivity contribution in [2.24, 2.45) is 7.05 Å². The molecule has 0 amide bonds. The summed E-state index contributed by atoms with van der Waals surface area (Å²) >= 11 is 0. The van der Waals surface area contributed by atoms with E-state index in [1.165, 1.54) is 6.26 Å². The highest BCUT2D eigenvalue weighted by molar-refractivity contribution is 7.88. The molecule has 0 N–H and O–H groups in total. The molecule has 4 aromatic heterocycles. The minimum absolute atomic E-state index is 0.112. The average molecular weight is 608 g/mol. The lowest BCUT2D eigenvalue weighted by molar-refractivity contribution is 0.321. The molecule has 7 rings (SSSR count). The van der Waals surface area contributed by atoms with Gasteiger partial charge in [-0.05, 0) is 67.1 Å². The highest BCUT2D eigenvalue weighted by Crippen LogP contribution is 2.32. The Bertz CT molecular complexity index is 2170. The zero-order chi connectivity index (χ0) is 30.6. The van der Waals surface area contributed by atoms with E-state index in [0.29, 0.717) is 19.6 Å². The lowest BCUT2D eigenvalue weighted by atomic mass is 9.90. The number of aryl methyl sites for hydroxylation is 2. The van der Waals surface area contributed by atoms with Gasteiger partial charge in [-0.2, -0.15) is 5.10 Å². The van der Waals surface area contributed by atoms with E-state index in [2.05, 4.69) is 28.3 Å². The number of hydrogen-bond donors (Lipinski definition) is 0. The second-order valence-corrected chi connectivity index (χ2v) is 13.4. The smallest absolute Gasteiger partial charge is 0.290 e. The molecule has 0 spiro atoms. The van der Waals surface area contributed by atoms with Crippen molar-refractivity contribution in [3.8, 4) is 28.1 Å². The van der Waals surface area contributed by atoms with Gasteiger partial charge in [-0.1, -0.05) is 24.3 Å². The SMILES string of the molecule is CCn1c(=O)n(-c2ccc(C3CCN(S(C)(=O)=O)CC3)cc2)c2c3cc(-c4ccc(-c5cnn(C)c5)nc4)ccc3ncc21. The maximum Gasteiger partial charge on any atom is 0.333 e. The van der Waals surface area contributed by atoms with Gasteiger partial charge < -0.3 is 0 Å². The fourth-order valence-corrected chi connectivity index (χ4v) is 7.22. The number of aromatic nitrogens is 6. The van der Waals surface area contributed by atoms with Crippen LogP contribution in [0.1, 0.15) is 31.2 Å². The average Bonchev–Trinajstić information content (AvgIpc) is 3.60. The number of sulfonamides is 1. The molecule has 0 radical (unpaired) electrons. The zero-order valence-corrected chi connectivity index (χ0v) is 25.7.